The molecule has 1 heterocycles. The first-order valence-electron chi connectivity index (χ1n) is 9.32. The summed E-state index contributed by atoms with van der Waals surface area (Å²) in [5.41, 5.74) is 0. The van der Waals surface area contributed by atoms with Gasteiger partial charge in [-0.05, 0) is 6.42 Å². The van der Waals surface area contributed by atoms with Gasteiger partial charge in [0.1, 0.15) is 13.1 Å². The van der Waals surface area contributed by atoms with E-state index in [2.05, 4.69) is 11.9 Å². The van der Waals surface area contributed by atoms with E-state index >= 15 is 0 Å². The molecule has 26 heavy (non-hydrogen) atoms. The molecule has 6 nitrogen and oxygen atoms in total. The van der Waals surface area contributed by atoms with E-state index in [1.165, 1.54) is 44.9 Å². The normalized spacial score (nSPS) is 18.3. The molecule has 0 bridgehead atoms. The van der Waals surface area contributed by atoms with Gasteiger partial charge in [0.15, 0.2) is 5.84 Å². The first kappa shape index (κ1) is 31.7. The van der Waals surface area contributed by atoms with Crippen LogP contribution in [0.5, 0.6) is 0 Å². The van der Waals surface area contributed by atoms with Gasteiger partial charge in [0.2, 0.25) is 0 Å². The van der Waals surface area contributed by atoms with Crippen molar-refractivity contribution in [2.75, 3.05) is 32.8 Å². The van der Waals surface area contributed by atoms with E-state index < -0.39 is 5.97 Å². The fraction of sp³-hybridized carbons (Fsp3) is 0.889. The molecule has 0 aliphatic carbocycles. The monoisotopic (exact) mass is 388 g/mol. The van der Waals surface area contributed by atoms with E-state index in [9.17, 15) is 15.0 Å². The third-order valence-electron chi connectivity index (χ3n) is 4.82. The Balaban J connectivity index is -0.00000176. The Morgan fingerprint density at radius 1 is 1.04 bits per heavy atom. The zero-order chi connectivity index (χ0) is 17.0. The Kier molecular flexibility index (Phi) is 23.6. The molecule has 142 valence electrons. The summed E-state index contributed by atoms with van der Waals surface area (Å²) in [7, 11) is 0. The van der Waals surface area contributed by atoms with Gasteiger partial charge in [-0.1, -0.05) is 64.9 Å². The molecule has 8 heteroatoms. The average molecular weight is 388 g/mol. The number of hydrogen-bond acceptors (Lipinski definition) is 5. The summed E-state index contributed by atoms with van der Waals surface area (Å²) in [6.45, 7) is 3.48. The van der Waals surface area contributed by atoms with Gasteiger partial charge in [0.25, 0.3) is 0 Å². The van der Waals surface area contributed by atoms with E-state index in [-0.39, 0.29) is 82.2 Å². The van der Waals surface area contributed by atoms with Crippen molar-refractivity contribution in [1.82, 2.24) is 0 Å². The second-order valence-corrected chi connectivity index (χ2v) is 6.70. The predicted molar refractivity (Wildman–Crippen MR) is 90.8 cm³/mol. The molecular formula is C18H34N2Na2O4. The number of aliphatic carboxylic acids is 1. The third-order valence-corrected chi connectivity index (χ3v) is 4.82. The fourth-order valence-corrected chi connectivity index (χ4v) is 3.47. The second-order valence-electron chi connectivity index (χ2n) is 6.70. The van der Waals surface area contributed by atoms with Crippen molar-refractivity contribution in [3.63, 3.8) is 0 Å². The molecule has 1 atom stereocenters. The average Bonchev–Trinajstić information content (AvgIpc) is 2.87. The van der Waals surface area contributed by atoms with E-state index in [1.807, 2.05) is 0 Å². The van der Waals surface area contributed by atoms with Crippen LogP contribution in [0.15, 0.2) is 4.99 Å². The second kappa shape index (κ2) is 19.3. The van der Waals surface area contributed by atoms with Crippen LogP contribution in [0.2, 0.25) is 0 Å². The minimum Gasteiger partial charge on any atom is -0.870 e. The first-order valence-corrected chi connectivity index (χ1v) is 9.32. The number of unbranched alkanes of at least 4 members (excludes halogenated alkanes) is 8. The van der Waals surface area contributed by atoms with Crippen molar-refractivity contribution < 1.29 is 84.1 Å². The predicted octanol–water partition coefficient (Wildman–Crippen LogP) is -4.92. The zero-order valence-electron chi connectivity index (χ0n) is 17.2. The molecule has 1 unspecified atom stereocenters. The van der Waals surface area contributed by atoms with Crippen molar-refractivity contribution in [2.45, 2.75) is 71.1 Å². The molecule has 1 rings (SSSR count). The maximum Gasteiger partial charge on any atom is 1.00 e. The number of amidine groups is 1. The summed E-state index contributed by atoms with van der Waals surface area (Å²) in [5, 5.41) is 22.1. The van der Waals surface area contributed by atoms with Crippen LogP contribution < -0.4 is 69.3 Å². The largest absolute Gasteiger partial charge is 1.00 e. The number of carboxylic acids is 1. The van der Waals surface area contributed by atoms with E-state index in [1.54, 1.807) is 0 Å². The summed E-state index contributed by atoms with van der Waals surface area (Å²) < 4.78 is 0.239. The topological polar surface area (TPSA) is 106 Å². The Labute approximate surface area is 203 Å². The van der Waals surface area contributed by atoms with Crippen LogP contribution in [0, 0.1) is 0 Å². The number of carbonyl (C=O) groups excluding carboxylic acids is 1. The first-order chi connectivity index (χ1) is 11.1. The molecule has 0 radical (unpaired) electrons. The number of aliphatic imine (C=N–C) groups is 1. The summed E-state index contributed by atoms with van der Waals surface area (Å²) in [5.74, 6) is -0.173. The van der Waals surface area contributed by atoms with Crippen LogP contribution in [-0.2, 0) is 4.79 Å². The molecule has 0 spiro atoms. The SMILES string of the molecule is CCCCCCCCCCCC1=NCC[N+]1(CC[O-])CC(=O)[O-].[Na+].[Na+].[OH-]. The molecule has 0 aromatic carbocycles. The van der Waals surface area contributed by atoms with Crippen LogP contribution in [-0.4, -0.2) is 54.6 Å². The molecule has 0 saturated heterocycles. The minimum absolute atomic E-state index is 0. The van der Waals surface area contributed by atoms with Crippen LogP contribution in [0.25, 0.3) is 0 Å². The summed E-state index contributed by atoms with van der Waals surface area (Å²) in [4.78, 5) is 15.5. The van der Waals surface area contributed by atoms with Crippen molar-refractivity contribution in [3.8, 4) is 0 Å². The van der Waals surface area contributed by atoms with E-state index in [4.69, 9.17) is 0 Å². The minimum atomic E-state index is -1.08. The maximum absolute atomic E-state index is 11.1. The van der Waals surface area contributed by atoms with Gasteiger partial charge in [-0.3, -0.25) is 4.48 Å². The molecule has 0 aromatic heterocycles. The van der Waals surface area contributed by atoms with Crippen molar-refractivity contribution >= 4 is 11.8 Å². The smallest absolute Gasteiger partial charge is 0.870 e. The van der Waals surface area contributed by atoms with Gasteiger partial charge >= 0.3 is 59.1 Å². The Hall–Kier alpha value is 1.02. The summed E-state index contributed by atoms with van der Waals surface area (Å²) >= 11 is 0. The molecule has 1 aliphatic heterocycles. The number of quaternary nitrogens is 1. The Bertz CT molecular complexity index is 384. The van der Waals surface area contributed by atoms with Gasteiger partial charge in [-0.25, -0.2) is 4.99 Å². The molecular weight excluding hydrogens is 354 g/mol. The zero-order valence-corrected chi connectivity index (χ0v) is 21.2. The van der Waals surface area contributed by atoms with Crippen molar-refractivity contribution in [3.05, 3.63) is 0 Å². The fourth-order valence-electron chi connectivity index (χ4n) is 3.47. The Morgan fingerprint density at radius 2 is 1.58 bits per heavy atom. The molecule has 0 aromatic rings. The Morgan fingerprint density at radius 3 is 2.08 bits per heavy atom. The molecule has 0 amide bonds. The molecule has 1 N–H and O–H groups in total. The van der Waals surface area contributed by atoms with Crippen LogP contribution in [0.1, 0.15) is 71.1 Å². The van der Waals surface area contributed by atoms with Gasteiger partial charge in [-0.15, -0.1) is 0 Å². The number of carboxylic acid groups (broad SMARTS) is 1. The van der Waals surface area contributed by atoms with Crippen LogP contribution >= 0.6 is 0 Å². The van der Waals surface area contributed by atoms with Crippen LogP contribution in [0.4, 0.5) is 0 Å². The number of hydrogen-bond donors (Lipinski definition) is 0. The van der Waals surface area contributed by atoms with Crippen molar-refractivity contribution in [2.24, 2.45) is 4.99 Å². The number of carbonyl (C=O) groups is 1. The van der Waals surface area contributed by atoms with Crippen molar-refractivity contribution in [1.29, 1.82) is 0 Å². The summed E-state index contributed by atoms with van der Waals surface area (Å²) in [6.07, 6.45) is 12.2. The van der Waals surface area contributed by atoms with E-state index in [0.29, 0.717) is 19.6 Å². The standard InChI is InChI=1S/C18H34N2O3.2Na.H2O/c1-2-3-4-5-6-7-8-9-10-11-17-19-12-13-20(17,14-15-21)16-18(22)23;;;/h2-16H2,1H3,(H,22,23);;;1H2/q;2*+1;/p-2. The van der Waals surface area contributed by atoms with Crippen LogP contribution in [0.3, 0.4) is 0 Å². The maximum atomic E-state index is 11.1. The van der Waals surface area contributed by atoms with Gasteiger partial charge in [0, 0.05) is 6.42 Å². The quantitative estimate of drug-likeness (QED) is 0.169. The molecule has 1 aliphatic rings. The van der Waals surface area contributed by atoms with Gasteiger partial charge in [-0.2, -0.15) is 0 Å². The number of nitrogens with zero attached hydrogens (tertiary/aromatic N) is 2. The number of rotatable bonds is 14. The molecule has 0 fully saturated rings. The molecule has 0 saturated carbocycles. The van der Waals surface area contributed by atoms with Gasteiger partial charge < -0.3 is 20.5 Å². The van der Waals surface area contributed by atoms with Gasteiger partial charge in [0.05, 0.1) is 19.1 Å². The summed E-state index contributed by atoms with van der Waals surface area (Å²) in [6, 6.07) is 0. The van der Waals surface area contributed by atoms with E-state index in [0.717, 1.165) is 25.1 Å². The third kappa shape index (κ3) is 12.5.